The van der Waals surface area contributed by atoms with Gasteiger partial charge in [0.2, 0.25) is 0 Å². The molecule has 2 nitrogen and oxygen atoms in total. The molecule has 0 aromatic heterocycles. The van der Waals surface area contributed by atoms with Crippen molar-refractivity contribution < 1.29 is 0 Å². The number of nitrogens with zero attached hydrogens (tertiary/aromatic N) is 1. The molecule has 0 radical (unpaired) electrons. The highest BCUT2D eigenvalue weighted by molar-refractivity contribution is 5.54. The molecule has 1 aliphatic rings. The normalized spacial score (nSPS) is 20.6. The van der Waals surface area contributed by atoms with Gasteiger partial charge < -0.3 is 10.2 Å². The molecule has 2 atom stereocenters. The minimum absolute atomic E-state index is 0.580. The summed E-state index contributed by atoms with van der Waals surface area (Å²) >= 11 is 0. The molecule has 1 heterocycles. The topological polar surface area (TPSA) is 15.3 Å². The maximum Gasteiger partial charge on any atom is 0.0412 e. The summed E-state index contributed by atoms with van der Waals surface area (Å²) in [7, 11) is 0. The number of nitrogens with one attached hydrogen (secondary N) is 1. The Balaban J connectivity index is 2.19. The predicted molar refractivity (Wildman–Crippen MR) is 88.2 cm³/mol. The van der Waals surface area contributed by atoms with Gasteiger partial charge in [0.25, 0.3) is 0 Å². The van der Waals surface area contributed by atoms with Gasteiger partial charge in [0.1, 0.15) is 0 Å². The molecule has 1 N–H and O–H groups in total. The first-order valence-corrected chi connectivity index (χ1v) is 8.18. The van der Waals surface area contributed by atoms with Crippen LogP contribution in [-0.4, -0.2) is 19.1 Å². The van der Waals surface area contributed by atoms with Crippen molar-refractivity contribution in [3.63, 3.8) is 0 Å². The van der Waals surface area contributed by atoms with E-state index in [1.54, 1.807) is 0 Å². The highest BCUT2D eigenvalue weighted by atomic mass is 15.2. The van der Waals surface area contributed by atoms with Crippen LogP contribution in [0.3, 0.4) is 0 Å². The summed E-state index contributed by atoms with van der Waals surface area (Å²) < 4.78 is 0. The van der Waals surface area contributed by atoms with Crippen molar-refractivity contribution in [3.05, 3.63) is 29.8 Å². The Kier molecular flexibility index (Phi) is 5.47. The van der Waals surface area contributed by atoms with E-state index in [0.717, 1.165) is 19.0 Å². The predicted octanol–water partition coefficient (Wildman–Crippen LogP) is 4.06. The second-order valence-electron chi connectivity index (χ2n) is 6.66. The quantitative estimate of drug-likeness (QED) is 0.871. The van der Waals surface area contributed by atoms with Gasteiger partial charge in [-0.25, -0.2) is 0 Å². The Morgan fingerprint density at radius 1 is 1.25 bits per heavy atom. The van der Waals surface area contributed by atoms with Crippen LogP contribution in [0.1, 0.15) is 46.1 Å². The maximum absolute atomic E-state index is 3.73. The molecule has 2 rings (SSSR count). The smallest absolute Gasteiger partial charge is 0.0412 e. The number of benzene rings is 1. The van der Waals surface area contributed by atoms with Gasteiger partial charge in [-0.1, -0.05) is 52.3 Å². The van der Waals surface area contributed by atoms with E-state index >= 15 is 0 Å². The van der Waals surface area contributed by atoms with E-state index in [1.165, 1.54) is 30.6 Å². The third-order valence-electron chi connectivity index (χ3n) is 4.42. The fourth-order valence-corrected chi connectivity index (χ4v) is 3.19. The molecular weight excluding hydrogens is 244 g/mol. The van der Waals surface area contributed by atoms with Crippen LogP contribution < -0.4 is 10.2 Å². The zero-order valence-electron chi connectivity index (χ0n) is 13.5. The summed E-state index contributed by atoms with van der Waals surface area (Å²) in [5.41, 5.74) is 2.88. The third kappa shape index (κ3) is 3.76. The van der Waals surface area contributed by atoms with E-state index in [2.05, 4.69) is 62.2 Å². The molecule has 1 aromatic carbocycles. The van der Waals surface area contributed by atoms with Crippen molar-refractivity contribution in [2.45, 2.75) is 53.1 Å². The monoisotopic (exact) mass is 274 g/mol. The number of hydrogen-bond donors (Lipinski definition) is 1. The van der Waals surface area contributed by atoms with E-state index in [9.17, 15) is 0 Å². The molecule has 112 valence electrons. The highest BCUT2D eigenvalue weighted by Gasteiger charge is 2.24. The molecule has 0 saturated carbocycles. The van der Waals surface area contributed by atoms with Gasteiger partial charge in [0.15, 0.2) is 0 Å². The zero-order chi connectivity index (χ0) is 14.5. The van der Waals surface area contributed by atoms with Gasteiger partial charge in [-0.2, -0.15) is 0 Å². The fourth-order valence-electron chi connectivity index (χ4n) is 3.19. The standard InChI is InChI=1S/C18H30N2/c1-5-8-15(4)12-20-13-17(14(2)3)19-11-16-9-6-7-10-18(16)20/h6-7,9-10,14-15,17,19H,5,8,11-13H2,1-4H3. The second kappa shape index (κ2) is 7.12. The van der Waals surface area contributed by atoms with Crippen LogP contribution in [0.5, 0.6) is 0 Å². The summed E-state index contributed by atoms with van der Waals surface area (Å²) in [5, 5.41) is 3.73. The maximum atomic E-state index is 3.73. The fraction of sp³-hybridized carbons (Fsp3) is 0.667. The lowest BCUT2D eigenvalue weighted by Gasteiger charge is -2.31. The van der Waals surface area contributed by atoms with Crippen molar-refractivity contribution >= 4 is 5.69 Å². The van der Waals surface area contributed by atoms with Crippen LogP contribution in [-0.2, 0) is 6.54 Å². The second-order valence-corrected chi connectivity index (χ2v) is 6.66. The zero-order valence-corrected chi connectivity index (χ0v) is 13.5. The number of anilines is 1. The summed E-state index contributed by atoms with van der Waals surface area (Å²) in [4.78, 5) is 2.61. The number of rotatable bonds is 5. The molecular formula is C18H30N2. The van der Waals surface area contributed by atoms with E-state index in [-0.39, 0.29) is 0 Å². The largest absolute Gasteiger partial charge is 0.369 e. The molecule has 2 heteroatoms. The molecule has 0 saturated heterocycles. The lowest BCUT2D eigenvalue weighted by molar-refractivity contribution is 0.394. The lowest BCUT2D eigenvalue weighted by Crippen LogP contribution is -2.43. The van der Waals surface area contributed by atoms with Crippen LogP contribution in [0, 0.1) is 11.8 Å². The summed E-state index contributed by atoms with van der Waals surface area (Å²) in [6.07, 6.45) is 2.60. The SMILES string of the molecule is CCCC(C)CN1CC(C(C)C)NCc2ccccc21. The molecule has 0 amide bonds. The van der Waals surface area contributed by atoms with Crippen LogP contribution in [0.25, 0.3) is 0 Å². The summed E-state index contributed by atoms with van der Waals surface area (Å²) in [6.45, 7) is 12.6. The molecule has 0 fully saturated rings. The van der Waals surface area contributed by atoms with Crippen molar-refractivity contribution in [2.75, 3.05) is 18.0 Å². The number of hydrogen-bond acceptors (Lipinski definition) is 2. The average molecular weight is 274 g/mol. The van der Waals surface area contributed by atoms with Gasteiger partial charge in [-0.3, -0.25) is 0 Å². The average Bonchev–Trinajstić information content (AvgIpc) is 2.59. The van der Waals surface area contributed by atoms with E-state index in [0.29, 0.717) is 12.0 Å². The molecule has 0 aliphatic carbocycles. The van der Waals surface area contributed by atoms with Crippen LogP contribution in [0.4, 0.5) is 5.69 Å². The van der Waals surface area contributed by atoms with E-state index in [4.69, 9.17) is 0 Å². The lowest BCUT2D eigenvalue weighted by atomic mass is 10.0. The van der Waals surface area contributed by atoms with Gasteiger partial charge in [0.05, 0.1) is 0 Å². The number of para-hydroxylation sites is 1. The third-order valence-corrected chi connectivity index (χ3v) is 4.42. The van der Waals surface area contributed by atoms with Crippen LogP contribution in [0.15, 0.2) is 24.3 Å². The number of fused-ring (bicyclic) bond motifs is 1. The van der Waals surface area contributed by atoms with Crippen molar-refractivity contribution in [1.29, 1.82) is 0 Å². The highest BCUT2D eigenvalue weighted by Crippen LogP contribution is 2.26. The van der Waals surface area contributed by atoms with Crippen molar-refractivity contribution in [2.24, 2.45) is 11.8 Å². The molecule has 1 aromatic rings. The molecule has 0 bridgehead atoms. The minimum atomic E-state index is 0.580. The molecule has 20 heavy (non-hydrogen) atoms. The van der Waals surface area contributed by atoms with Gasteiger partial charge in [-0.15, -0.1) is 0 Å². The Labute approximate surface area is 124 Å². The molecule has 2 unspecified atom stereocenters. The molecule has 0 spiro atoms. The van der Waals surface area contributed by atoms with Crippen LogP contribution >= 0.6 is 0 Å². The van der Waals surface area contributed by atoms with Gasteiger partial charge >= 0.3 is 0 Å². The Morgan fingerprint density at radius 2 is 2.00 bits per heavy atom. The molecule has 1 aliphatic heterocycles. The van der Waals surface area contributed by atoms with Crippen molar-refractivity contribution in [3.8, 4) is 0 Å². The Bertz CT molecular complexity index is 414. The summed E-state index contributed by atoms with van der Waals surface area (Å²) in [6, 6.07) is 9.47. The first kappa shape index (κ1) is 15.4. The van der Waals surface area contributed by atoms with Gasteiger partial charge in [-0.05, 0) is 29.9 Å². The van der Waals surface area contributed by atoms with E-state index < -0.39 is 0 Å². The van der Waals surface area contributed by atoms with Crippen LogP contribution in [0.2, 0.25) is 0 Å². The first-order chi connectivity index (χ1) is 9.61. The Morgan fingerprint density at radius 3 is 2.70 bits per heavy atom. The summed E-state index contributed by atoms with van der Waals surface area (Å²) in [5.74, 6) is 1.44. The van der Waals surface area contributed by atoms with E-state index in [1.807, 2.05) is 0 Å². The minimum Gasteiger partial charge on any atom is -0.369 e. The van der Waals surface area contributed by atoms with Crippen molar-refractivity contribution in [1.82, 2.24) is 5.32 Å². The first-order valence-electron chi connectivity index (χ1n) is 8.18. The Hall–Kier alpha value is -1.02. The van der Waals surface area contributed by atoms with Gasteiger partial charge in [0, 0.05) is 31.4 Å².